The van der Waals surface area contributed by atoms with Crippen molar-refractivity contribution in [1.82, 2.24) is 4.98 Å². The van der Waals surface area contributed by atoms with Crippen molar-refractivity contribution in [3.05, 3.63) is 88.3 Å². The predicted octanol–water partition coefficient (Wildman–Crippen LogP) is 6.62. The van der Waals surface area contributed by atoms with Crippen LogP contribution in [0, 0.1) is 24.4 Å². The van der Waals surface area contributed by atoms with E-state index in [9.17, 15) is 22.8 Å². The Kier molecular flexibility index (Phi) is 6.61. The molecule has 3 aromatic carbocycles. The molecule has 10 heteroatoms. The minimum absolute atomic E-state index is 0.150. The maximum Gasteiger partial charge on any atom is 0.261 e. The molecule has 4 aromatic rings. The third kappa shape index (κ3) is 4.76. The summed E-state index contributed by atoms with van der Waals surface area (Å²) < 4.78 is 48.7. The summed E-state index contributed by atoms with van der Waals surface area (Å²) >= 11 is 5.57. The molecule has 2 amide bonds. The maximum absolute atomic E-state index is 14.5. The zero-order valence-electron chi connectivity index (χ0n) is 18.4. The number of rotatable bonds is 5. The van der Waals surface area contributed by atoms with Crippen LogP contribution in [0.2, 0.25) is 5.02 Å². The zero-order chi connectivity index (χ0) is 25.3. The second-order valence-electron chi connectivity index (χ2n) is 7.53. The summed E-state index contributed by atoms with van der Waals surface area (Å²) in [5.74, 6) is -5.17. The van der Waals surface area contributed by atoms with E-state index in [0.29, 0.717) is 28.1 Å². The molecule has 1 aromatic heterocycles. The van der Waals surface area contributed by atoms with Gasteiger partial charge in [-0.25, -0.2) is 13.2 Å². The number of carbonyl (C=O) groups excluding carboxylic acids is 2. The van der Waals surface area contributed by atoms with Gasteiger partial charge in [-0.1, -0.05) is 23.7 Å². The number of nitrogens with zero attached hydrogens (tertiary/aromatic N) is 1. The molecule has 0 spiro atoms. The Morgan fingerprint density at radius 1 is 0.971 bits per heavy atom. The Hall–Kier alpha value is -4.11. The Labute approximate surface area is 202 Å². The van der Waals surface area contributed by atoms with Gasteiger partial charge in [0.15, 0.2) is 11.6 Å². The van der Waals surface area contributed by atoms with E-state index in [-0.39, 0.29) is 17.2 Å². The molecule has 0 aliphatic rings. The van der Waals surface area contributed by atoms with Crippen LogP contribution < -0.4 is 15.4 Å². The summed E-state index contributed by atoms with van der Waals surface area (Å²) in [6.45, 7) is 2.53. The highest BCUT2D eigenvalue weighted by Gasteiger charge is 2.26. The van der Waals surface area contributed by atoms with Gasteiger partial charge in [-0.3, -0.25) is 14.6 Å². The number of pyridine rings is 1. The van der Waals surface area contributed by atoms with Gasteiger partial charge in [0, 0.05) is 35.8 Å². The minimum Gasteiger partial charge on any atom is -0.457 e. The molecular formula is C25H17ClF3N3O3. The summed E-state index contributed by atoms with van der Waals surface area (Å²) in [7, 11) is 0. The van der Waals surface area contributed by atoms with E-state index in [4.69, 9.17) is 16.3 Å². The van der Waals surface area contributed by atoms with Gasteiger partial charge < -0.3 is 15.4 Å². The average molecular weight is 500 g/mol. The van der Waals surface area contributed by atoms with Crippen LogP contribution >= 0.6 is 11.6 Å². The largest absolute Gasteiger partial charge is 0.457 e. The van der Waals surface area contributed by atoms with E-state index in [1.165, 1.54) is 25.3 Å². The van der Waals surface area contributed by atoms with Gasteiger partial charge in [-0.05, 0) is 37.3 Å². The molecule has 4 rings (SSSR count). The highest BCUT2D eigenvalue weighted by molar-refractivity contribution is 6.31. The molecule has 6 nitrogen and oxygen atoms in total. The van der Waals surface area contributed by atoms with Crippen LogP contribution in [-0.2, 0) is 4.79 Å². The Bertz CT molecular complexity index is 1470. The molecule has 178 valence electrons. The molecule has 0 atom stereocenters. The normalized spacial score (nSPS) is 10.8. The highest BCUT2D eigenvalue weighted by Crippen LogP contribution is 2.33. The van der Waals surface area contributed by atoms with Crippen molar-refractivity contribution >= 4 is 45.7 Å². The monoisotopic (exact) mass is 499 g/mol. The number of halogens is 4. The number of ether oxygens (including phenoxy) is 1. The van der Waals surface area contributed by atoms with Crippen LogP contribution in [-0.4, -0.2) is 16.8 Å². The van der Waals surface area contributed by atoms with Crippen molar-refractivity contribution < 1.29 is 27.5 Å². The SMILES string of the molecule is CC(=O)Nc1cccc2c(Oc3cccc(NC(=O)c4c(F)c(C)c(Cl)c(F)c4F)c3)ccnc12. The zero-order valence-corrected chi connectivity index (χ0v) is 19.1. The van der Waals surface area contributed by atoms with Crippen LogP contribution in [0.15, 0.2) is 54.7 Å². The fraction of sp³-hybridized carbons (Fsp3) is 0.0800. The first kappa shape index (κ1) is 24.0. The lowest BCUT2D eigenvalue weighted by molar-refractivity contribution is -0.114. The summed E-state index contributed by atoms with van der Waals surface area (Å²) in [4.78, 5) is 28.3. The molecule has 1 heterocycles. The number of amides is 2. The Morgan fingerprint density at radius 3 is 2.46 bits per heavy atom. The summed E-state index contributed by atoms with van der Waals surface area (Å²) in [5.41, 5.74) is -0.291. The molecule has 0 fully saturated rings. The van der Waals surface area contributed by atoms with Crippen LogP contribution in [0.5, 0.6) is 11.5 Å². The molecule has 0 unspecified atom stereocenters. The van der Waals surface area contributed by atoms with E-state index in [1.54, 1.807) is 36.4 Å². The smallest absolute Gasteiger partial charge is 0.261 e. The fourth-order valence-electron chi connectivity index (χ4n) is 3.44. The van der Waals surface area contributed by atoms with E-state index in [0.717, 1.165) is 6.92 Å². The van der Waals surface area contributed by atoms with Crippen molar-refractivity contribution in [2.45, 2.75) is 13.8 Å². The van der Waals surface area contributed by atoms with Crippen molar-refractivity contribution in [2.75, 3.05) is 10.6 Å². The van der Waals surface area contributed by atoms with E-state index >= 15 is 0 Å². The van der Waals surface area contributed by atoms with Gasteiger partial charge >= 0.3 is 0 Å². The van der Waals surface area contributed by atoms with Gasteiger partial charge in [0.05, 0.1) is 16.2 Å². The molecule has 0 aliphatic carbocycles. The van der Waals surface area contributed by atoms with Crippen molar-refractivity contribution in [3.8, 4) is 11.5 Å². The van der Waals surface area contributed by atoms with E-state index in [2.05, 4.69) is 15.6 Å². The third-order valence-corrected chi connectivity index (χ3v) is 5.52. The second kappa shape index (κ2) is 9.63. The first-order valence-corrected chi connectivity index (χ1v) is 10.6. The summed E-state index contributed by atoms with van der Waals surface area (Å²) in [6.07, 6.45) is 1.51. The van der Waals surface area contributed by atoms with Crippen LogP contribution in [0.4, 0.5) is 24.5 Å². The number of benzene rings is 3. The molecular weight excluding hydrogens is 483 g/mol. The van der Waals surface area contributed by atoms with Gasteiger partial charge in [0.1, 0.15) is 22.9 Å². The third-order valence-electron chi connectivity index (χ3n) is 5.07. The number of anilines is 2. The first-order chi connectivity index (χ1) is 16.7. The summed E-state index contributed by atoms with van der Waals surface area (Å²) in [6, 6.07) is 12.9. The lowest BCUT2D eigenvalue weighted by Crippen LogP contribution is -2.18. The second-order valence-corrected chi connectivity index (χ2v) is 7.91. The average Bonchev–Trinajstić information content (AvgIpc) is 2.82. The molecule has 0 bridgehead atoms. The van der Waals surface area contributed by atoms with Crippen LogP contribution in [0.3, 0.4) is 0 Å². The lowest BCUT2D eigenvalue weighted by atomic mass is 10.1. The Morgan fingerprint density at radius 2 is 1.71 bits per heavy atom. The number of nitrogens with one attached hydrogen (secondary N) is 2. The number of hydrogen-bond acceptors (Lipinski definition) is 4. The molecule has 0 saturated heterocycles. The van der Waals surface area contributed by atoms with Crippen LogP contribution in [0.25, 0.3) is 10.9 Å². The maximum atomic E-state index is 14.5. The standard InChI is InChI=1S/C25H17ClF3N3O3/c1-12-20(26)23(29)22(28)19(21(12)27)25(34)32-14-5-3-6-15(11-14)35-18-9-10-30-24-16(18)7-4-8-17(24)31-13(2)33/h3-11H,1-2H3,(H,31,33)(H,32,34). The van der Waals surface area contributed by atoms with Gasteiger partial charge in [-0.15, -0.1) is 0 Å². The molecule has 2 N–H and O–H groups in total. The topological polar surface area (TPSA) is 80.3 Å². The first-order valence-electron chi connectivity index (χ1n) is 10.2. The lowest BCUT2D eigenvalue weighted by Gasteiger charge is -2.13. The quantitative estimate of drug-likeness (QED) is 0.239. The van der Waals surface area contributed by atoms with Gasteiger partial charge in [0.25, 0.3) is 5.91 Å². The number of aromatic nitrogens is 1. The van der Waals surface area contributed by atoms with E-state index < -0.39 is 33.9 Å². The number of fused-ring (bicyclic) bond motifs is 1. The molecule has 0 radical (unpaired) electrons. The number of para-hydroxylation sites is 1. The Balaban J connectivity index is 1.63. The van der Waals surface area contributed by atoms with Crippen molar-refractivity contribution in [3.63, 3.8) is 0 Å². The number of carbonyl (C=O) groups is 2. The van der Waals surface area contributed by atoms with Gasteiger partial charge in [-0.2, -0.15) is 0 Å². The highest BCUT2D eigenvalue weighted by atomic mass is 35.5. The summed E-state index contributed by atoms with van der Waals surface area (Å²) in [5, 5.41) is 4.94. The predicted molar refractivity (Wildman–Crippen MR) is 127 cm³/mol. The van der Waals surface area contributed by atoms with E-state index in [1.807, 2.05) is 0 Å². The van der Waals surface area contributed by atoms with Crippen molar-refractivity contribution in [1.29, 1.82) is 0 Å². The molecule has 0 saturated carbocycles. The number of hydrogen-bond donors (Lipinski definition) is 2. The minimum atomic E-state index is -1.68. The molecule has 35 heavy (non-hydrogen) atoms. The van der Waals surface area contributed by atoms with Crippen LogP contribution in [0.1, 0.15) is 22.8 Å². The van der Waals surface area contributed by atoms with Crippen molar-refractivity contribution in [2.24, 2.45) is 0 Å². The molecule has 0 aliphatic heterocycles. The van der Waals surface area contributed by atoms with Gasteiger partial charge in [0.2, 0.25) is 5.91 Å². The fourth-order valence-corrected chi connectivity index (χ4v) is 3.60.